The molecule has 1 aliphatic carbocycles. The van der Waals surface area contributed by atoms with E-state index in [-0.39, 0.29) is 0 Å². The van der Waals surface area contributed by atoms with Crippen LogP contribution in [0.1, 0.15) is 19.3 Å². The number of nitrogens with two attached hydrogens (primary N) is 1. The van der Waals surface area contributed by atoms with Gasteiger partial charge in [-0.3, -0.25) is 4.57 Å². The molecule has 0 radical (unpaired) electrons. The Bertz CT molecular complexity index is 534. The zero-order chi connectivity index (χ0) is 10.3. The van der Waals surface area contributed by atoms with Gasteiger partial charge in [-0.2, -0.15) is 0 Å². The summed E-state index contributed by atoms with van der Waals surface area (Å²) in [6.45, 7) is 0. The van der Waals surface area contributed by atoms with Crippen LogP contribution in [0.15, 0.2) is 18.2 Å². The number of allylic oxidation sites excluding steroid dienone is 1. The van der Waals surface area contributed by atoms with Crippen molar-refractivity contribution in [1.29, 1.82) is 0 Å². The minimum atomic E-state index is 0.436. The zero-order valence-electron chi connectivity index (χ0n) is 8.22. The van der Waals surface area contributed by atoms with E-state index < -0.39 is 0 Å². The van der Waals surface area contributed by atoms with Crippen LogP contribution in [-0.4, -0.2) is 19.5 Å². The molecule has 0 aromatic carbocycles. The van der Waals surface area contributed by atoms with Crippen LogP contribution in [0.4, 0.5) is 5.82 Å². The second kappa shape index (κ2) is 3.05. The van der Waals surface area contributed by atoms with Crippen molar-refractivity contribution in [2.24, 2.45) is 0 Å². The van der Waals surface area contributed by atoms with Crippen molar-refractivity contribution in [3.05, 3.63) is 18.2 Å². The van der Waals surface area contributed by atoms with E-state index in [1.165, 1.54) is 31.2 Å². The van der Waals surface area contributed by atoms with Crippen LogP contribution in [-0.2, 0) is 0 Å². The number of nitrogens with zero attached hydrogens (tertiary/aromatic N) is 4. The molecule has 0 saturated heterocycles. The van der Waals surface area contributed by atoms with Gasteiger partial charge in [0.25, 0.3) is 0 Å². The lowest BCUT2D eigenvalue weighted by Gasteiger charge is -2.15. The Hall–Kier alpha value is -1.91. The van der Waals surface area contributed by atoms with Crippen LogP contribution in [0, 0.1) is 0 Å². The molecule has 5 nitrogen and oxygen atoms in total. The average molecular weight is 201 g/mol. The van der Waals surface area contributed by atoms with Crippen LogP contribution in [0.2, 0.25) is 0 Å². The Morgan fingerprint density at radius 1 is 1.27 bits per heavy atom. The minimum Gasteiger partial charge on any atom is -0.382 e. The van der Waals surface area contributed by atoms with E-state index in [0.717, 1.165) is 5.65 Å². The summed E-state index contributed by atoms with van der Waals surface area (Å²) in [6, 6.07) is 0. The molecular formula is C10H11N5. The molecule has 0 spiro atoms. The monoisotopic (exact) mass is 201 g/mol. The third kappa shape index (κ3) is 1.27. The Labute approximate surface area is 86.7 Å². The number of hydrogen-bond acceptors (Lipinski definition) is 4. The first kappa shape index (κ1) is 8.40. The first-order valence-electron chi connectivity index (χ1n) is 4.97. The van der Waals surface area contributed by atoms with Gasteiger partial charge >= 0.3 is 0 Å². The number of aromatic nitrogens is 4. The van der Waals surface area contributed by atoms with Gasteiger partial charge < -0.3 is 5.73 Å². The topological polar surface area (TPSA) is 69.6 Å². The Morgan fingerprint density at radius 2 is 2.13 bits per heavy atom. The Morgan fingerprint density at radius 3 is 2.87 bits per heavy atom. The number of anilines is 1. The zero-order valence-corrected chi connectivity index (χ0v) is 8.22. The molecule has 0 atom stereocenters. The summed E-state index contributed by atoms with van der Waals surface area (Å²) in [5.41, 5.74) is 8.59. The van der Waals surface area contributed by atoms with Crippen molar-refractivity contribution >= 4 is 23.2 Å². The largest absolute Gasteiger partial charge is 0.382 e. The quantitative estimate of drug-likeness (QED) is 0.757. The fraction of sp³-hybridized carbons (Fsp3) is 0.300. The van der Waals surface area contributed by atoms with Crippen molar-refractivity contribution in [3.8, 4) is 0 Å². The summed E-state index contributed by atoms with van der Waals surface area (Å²) in [4.78, 5) is 12.3. The molecule has 5 heteroatoms. The smallest absolute Gasteiger partial charge is 0.169 e. The van der Waals surface area contributed by atoms with Gasteiger partial charge in [0.05, 0.1) is 0 Å². The molecule has 1 saturated carbocycles. The molecule has 2 aromatic rings. The second-order valence-corrected chi connectivity index (χ2v) is 3.72. The summed E-state index contributed by atoms with van der Waals surface area (Å²) >= 11 is 0. The highest BCUT2D eigenvalue weighted by Crippen LogP contribution is 2.26. The molecule has 1 aliphatic rings. The average Bonchev–Trinajstić information content (AvgIpc) is 2.56. The Kier molecular flexibility index (Phi) is 1.71. The van der Waals surface area contributed by atoms with Crippen LogP contribution in [0.25, 0.3) is 17.4 Å². The fourth-order valence-corrected chi connectivity index (χ4v) is 1.67. The van der Waals surface area contributed by atoms with E-state index in [0.29, 0.717) is 11.3 Å². The normalized spacial score (nSPS) is 15.3. The Balaban J connectivity index is 2.15. The maximum absolute atomic E-state index is 5.70. The fourth-order valence-electron chi connectivity index (χ4n) is 1.67. The maximum atomic E-state index is 5.70. The molecule has 0 unspecified atom stereocenters. The lowest BCUT2D eigenvalue weighted by Crippen LogP contribution is -1.99. The van der Waals surface area contributed by atoms with Crippen molar-refractivity contribution in [2.75, 3.05) is 5.73 Å². The van der Waals surface area contributed by atoms with Gasteiger partial charge in [0.15, 0.2) is 17.0 Å². The van der Waals surface area contributed by atoms with Gasteiger partial charge in [-0.05, 0) is 19.3 Å². The van der Waals surface area contributed by atoms with Crippen LogP contribution >= 0.6 is 0 Å². The molecule has 2 aromatic heterocycles. The van der Waals surface area contributed by atoms with Crippen molar-refractivity contribution in [3.63, 3.8) is 0 Å². The van der Waals surface area contributed by atoms with Crippen molar-refractivity contribution in [1.82, 2.24) is 19.5 Å². The van der Waals surface area contributed by atoms with E-state index in [4.69, 9.17) is 5.73 Å². The summed E-state index contributed by atoms with van der Waals surface area (Å²) in [7, 11) is 0. The van der Waals surface area contributed by atoms with Gasteiger partial charge in [0.1, 0.15) is 12.7 Å². The van der Waals surface area contributed by atoms with E-state index >= 15 is 0 Å². The van der Waals surface area contributed by atoms with Crippen LogP contribution in [0.5, 0.6) is 0 Å². The highest BCUT2D eigenvalue weighted by molar-refractivity contribution is 5.82. The highest BCUT2D eigenvalue weighted by atomic mass is 15.1. The summed E-state index contributed by atoms with van der Waals surface area (Å²) in [6.07, 6.45) is 8.94. The van der Waals surface area contributed by atoms with Crippen molar-refractivity contribution in [2.45, 2.75) is 19.3 Å². The van der Waals surface area contributed by atoms with E-state index in [2.05, 4.69) is 21.2 Å². The lowest BCUT2D eigenvalue weighted by molar-refractivity contribution is 0.665. The highest BCUT2D eigenvalue weighted by Gasteiger charge is 2.10. The van der Waals surface area contributed by atoms with Crippen molar-refractivity contribution < 1.29 is 0 Å². The minimum absolute atomic E-state index is 0.436. The molecule has 0 aliphatic heterocycles. The van der Waals surface area contributed by atoms with Gasteiger partial charge in [-0.15, -0.1) is 0 Å². The predicted molar refractivity (Wildman–Crippen MR) is 57.9 cm³/mol. The van der Waals surface area contributed by atoms with Gasteiger partial charge in [0, 0.05) is 6.20 Å². The van der Waals surface area contributed by atoms with Crippen LogP contribution < -0.4 is 5.73 Å². The molecule has 76 valence electrons. The molecule has 1 fully saturated rings. The third-order valence-corrected chi connectivity index (χ3v) is 2.70. The van der Waals surface area contributed by atoms with E-state index in [9.17, 15) is 0 Å². The number of rotatable bonds is 1. The molecule has 0 amide bonds. The van der Waals surface area contributed by atoms with Gasteiger partial charge in [-0.25, -0.2) is 15.0 Å². The third-order valence-electron chi connectivity index (χ3n) is 2.70. The number of imidazole rings is 1. The molecule has 2 heterocycles. The predicted octanol–water partition coefficient (Wildman–Crippen LogP) is 1.43. The first-order chi connectivity index (χ1) is 7.34. The van der Waals surface area contributed by atoms with Gasteiger partial charge in [0.2, 0.25) is 0 Å². The molecule has 2 N–H and O–H groups in total. The van der Waals surface area contributed by atoms with Gasteiger partial charge in [-0.1, -0.05) is 5.57 Å². The summed E-state index contributed by atoms with van der Waals surface area (Å²) in [5.74, 6) is 0.436. The molecule has 3 rings (SSSR count). The number of hydrogen-bond donors (Lipinski definition) is 1. The lowest BCUT2D eigenvalue weighted by atomic mass is 9.94. The first-order valence-corrected chi connectivity index (χ1v) is 4.97. The summed E-state index contributed by atoms with van der Waals surface area (Å²) in [5, 5.41) is 0. The molecule has 0 bridgehead atoms. The number of fused-ring (bicyclic) bond motifs is 1. The van der Waals surface area contributed by atoms with E-state index in [1.807, 2.05) is 4.57 Å². The summed E-state index contributed by atoms with van der Waals surface area (Å²) < 4.78 is 1.92. The molecule has 15 heavy (non-hydrogen) atoms. The molecular weight excluding hydrogens is 190 g/mol. The SMILES string of the molecule is Nc1ncnc2c1ncn2C=C1CCC1. The van der Waals surface area contributed by atoms with Crippen LogP contribution in [0.3, 0.4) is 0 Å². The maximum Gasteiger partial charge on any atom is 0.169 e. The standard InChI is InChI=1S/C10H11N5/c11-9-8-10(13-5-12-9)15(6-14-8)4-7-2-1-3-7/h4-6H,1-3H2,(H2,11,12,13). The van der Waals surface area contributed by atoms with E-state index in [1.54, 1.807) is 6.33 Å². The second-order valence-electron chi connectivity index (χ2n) is 3.72. The number of nitrogen functional groups attached to an aromatic ring is 1.